The van der Waals surface area contributed by atoms with Gasteiger partial charge in [0.1, 0.15) is 11.2 Å². The Labute approximate surface area is 298 Å². The van der Waals surface area contributed by atoms with Crippen molar-refractivity contribution in [3.63, 3.8) is 0 Å². The molecule has 0 unspecified atom stereocenters. The average Bonchev–Trinajstić information content (AvgIpc) is 3.45. The summed E-state index contributed by atoms with van der Waals surface area (Å²) in [6.45, 7) is 14.9. The molecule has 5 aromatic rings. The SMILES string of the molecule is CC(C)(C)c1cc(-c2ncnc3sc4c(c23)CCc2ccccc2-4)[c-]c2ccccc12.CCC(CC)C(=O)/C=C(\O)C(CC)CC.[Ir]. The van der Waals surface area contributed by atoms with Crippen LogP contribution in [0.15, 0.2) is 72.8 Å². The molecule has 6 heteroatoms. The summed E-state index contributed by atoms with van der Waals surface area (Å²) in [5.41, 5.74) is 7.63. The molecule has 2 heterocycles. The van der Waals surface area contributed by atoms with Crippen LogP contribution in [0.2, 0.25) is 0 Å². The maximum absolute atomic E-state index is 11.7. The van der Waals surface area contributed by atoms with Crippen molar-refractivity contribution in [2.24, 2.45) is 11.8 Å². The second-order valence-electron chi connectivity index (χ2n) is 13.4. The smallest absolute Gasteiger partial charge is 0.162 e. The Hall–Kier alpha value is -3.18. The van der Waals surface area contributed by atoms with Crippen molar-refractivity contribution in [2.45, 2.75) is 92.4 Å². The van der Waals surface area contributed by atoms with Gasteiger partial charge >= 0.3 is 0 Å². The van der Waals surface area contributed by atoms with Gasteiger partial charge in [-0.3, -0.25) is 9.78 Å². The summed E-state index contributed by atoms with van der Waals surface area (Å²) in [4.78, 5) is 23.6. The molecule has 1 aliphatic carbocycles. The van der Waals surface area contributed by atoms with E-state index in [4.69, 9.17) is 4.98 Å². The van der Waals surface area contributed by atoms with Gasteiger partial charge in [-0.15, -0.1) is 40.5 Å². The quantitative estimate of drug-likeness (QED) is 0.0962. The van der Waals surface area contributed by atoms with Crippen LogP contribution in [0.5, 0.6) is 0 Å². The Morgan fingerprint density at radius 2 is 1.60 bits per heavy atom. The Bertz CT molecular complexity index is 1880. The minimum atomic E-state index is 0. The number of fused-ring (bicyclic) bond motifs is 6. The molecule has 1 N–H and O–H groups in total. The Morgan fingerprint density at radius 3 is 2.28 bits per heavy atom. The zero-order valence-corrected chi connectivity index (χ0v) is 32.0. The largest absolute Gasteiger partial charge is 0.512 e. The Kier molecular flexibility index (Phi) is 12.3. The number of aliphatic hydroxyl groups excluding tert-OH is 1. The monoisotopic (exact) mass is 824 g/mol. The van der Waals surface area contributed by atoms with Crippen LogP contribution in [0.4, 0.5) is 0 Å². The molecule has 3 aromatic carbocycles. The number of nitrogens with zero attached hydrogens (tertiary/aromatic N) is 2. The van der Waals surface area contributed by atoms with Crippen molar-refractivity contribution in [3.8, 4) is 21.7 Å². The van der Waals surface area contributed by atoms with Crippen molar-refractivity contribution in [1.29, 1.82) is 0 Å². The van der Waals surface area contributed by atoms with Crippen LogP contribution in [0, 0.1) is 17.9 Å². The Morgan fingerprint density at radius 1 is 0.936 bits per heavy atom. The molecule has 0 saturated heterocycles. The second-order valence-corrected chi connectivity index (χ2v) is 14.4. The van der Waals surface area contributed by atoms with Gasteiger partial charge in [-0.05, 0) is 60.6 Å². The number of hydrogen-bond acceptors (Lipinski definition) is 5. The van der Waals surface area contributed by atoms with Crippen molar-refractivity contribution in [2.75, 3.05) is 0 Å². The number of hydrogen-bond donors (Lipinski definition) is 1. The summed E-state index contributed by atoms with van der Waals surface area (Å²) in [6.07, 6.45) is 8.72. The molecule has 6 rings (SSSR count). The summed E-state index contributed by atoms with van der Waals surface area (Å²) in [6, 6.07) is 23.3. The van der Waals surface area contributed by atoms with Crippen LogP contribution in [0.1, 0.15) is 90.8 Å². The Balaban J connectivity index is 0.000000269. The van der Waals surface area contributed by atoms with Crippen molar-refractivity contribution < 1.29 is 30.0 Å². The third-order valence-corrected chi connectivity index (χ3v) is 10.6. The van der Waals surface area contributed by atoms with Crippen molar-refractivity contribution in [3.05, 3.63) is 95.5 Å². The van der Waals surface area contributed by atoms with E-state index < -0.39 is 0 Å². The first-order chi connectivity index (χ1) is 22.1. The molecule has 0 aliphatic heterocycles. The van der Waals surface area contributed by atoms with Gasteiger partial charge in [0.05, 0.1) is 5.76 Å². The maximum Gasteiger partial charge on any atom is 0.162 e. The third-order valence-electron chi connectivity index (χ3n) is 9.41. The molecule has 4 nitrogen and oxygen atoms in total. The molecule has 249 valence electrons. The summed E-state index contributed by atoms with van der Waals surface area (Å²) < 4.78 is 0. The summed E-state index contributed by atoms with van der Waals surface area (Å²) >= 11 is 1.80. The van der Waals surface area contributed by atoms with E-state index in [0.717, 1.165) is 60.0 Å². The first kappa shape index (κ1) is 36.7. The molecular formula is C41H47IrN2O2S-. The van der Waals surface area contributed by atoms with Crippen LogP contribution in [0.25, 0.3) is 42.7 Å². The van der Waals surface area contributed by atoms with Crippen LogP contribution in [0.3, 0.4) is 0 Å². The van der Waals surface area contributed by atoms with E-state index in [9.17, 15) is 9.90 Å². The number of aryl methyl sites for hydroxylation is 2. The average molecular weight is 824 g/mol. The molecular weight excluding hydrogens is 777 g/mol. The van der Waals surface area contributed by atoms with Gasteiger partial charge in [0.15, 0.2) is 5.78 Å². The van der Waals surface area contributed by atoms with Gasteiger partial charge in [-0.1, -0.05) is 102 Å². The molecule has 0 bridgehead atoms. The van der Waals surface area contributed by atoms with E-state index in [0.29, 0.717) is 0 Å². The number of ketones is 1. The van der Waals surface area contributed by atoms with E-state index in [1.807, 2.05) is 27.7 Å². The molecule has 0 saturated carbocycles. The molecule has 0 amide bonds. The van der Waals surface area contributed by atoms with Gasteiger partial charge < -0.3 is 5.11 Å². The van der Waals surface area contributed by atoms with Gasteiger partial charge in [0.25, 0.3) is 0 Å². The number of aromatic nitrogens is 2. The minimum Gasteiger partial charge on any atom is -0.512 e. The van der Waals surface area contributed by atoms with E-state index in [1.165, 1.54) is 44.0 Å². The summed E-state index contributed by atoms with van der Waals surface area (Å²) in [5.74, 6) is 0.547. The third kappa shape index (κ3) is 7.77. The van der Waals surface area contributed by atoms with Gasteiger partial charge in [-0.2, -0.15) is 0 Å². The fourth-order valence-corrected chi connectivity index (χ4v) is 7.88. The van der Waals surface area contributed by atoms with Crippen molar-refractivity contribution >= 4 is 38.1 Å². The predicted octanol–water partition coefficient (Wildman–Crippen LogP) is 11.2. The van der Waals surface area contributed by atoms with Crippen LogP contribution in [-0.2, 0) is 43.2 Å². The molecule has 1 radical (unpaired) electrons. The fraction of sp³-hybridized carbons (Fsp3) is 0.390. The zero-order chi connectivity index (χ0) is 33.0. The molecule has 2 aromatic heterocycles. The zero-order valence-electron chi connectivity index (χ0n) is 28.7. The number of aliphatic hydroxyl groups is 1. The fourth-order valence-electron chi connectivity index (χ4n) is 6.63. The molecule has 1 aliphatic rings. The van der Waals surface area contributed by atoms with E-state index in [2.05, 4.69) is 86.4 Å². The second kappa shape index (κ2) is 15.8. The predicted molar refractivity (Wildman–Crippen MR) is 195 cm³/mol. The van der Waals surface area contributed by atoms with Gasteiger partial charge in [0, 0.05) is 54.0 Å². The summed E-state index contributed by atoms with van der Waals surface area (Å²) in [5, 5.41) is 13.4. The van der Waals surface area contributed by atoms with Crippen LogP contribution in [-0.4, -0.2) is 20.9 Å². The standard InChI is InChI=1S/C28H23N2S.C13H24O2.Ir/c1-28(2,3)23-15-19(14-18-9-5-6-10-20(18)23)25-24-22-13-12-17-8-4-7-11-21(17)26(22)31-27(24)30-16-29-25;1-5-10(6-2)12(14)9-13(15)11(7-3)8-4;/h4-11,15-16H,12-13H2,1-3H3;9-11,14H,5-8H2,1-4H3;/q-1;;/b;12-9-;. The number of carbonyl (C=O) groups excluding carboxylic acids is 1. The number of allylic oxidation sites excluding steroid dienone is 2. The van der Waals surface area contributed by atoms with Crippen LogP contribution >= 0.6 is 11.3 Å². The maximum atomic E-state index is 11.7. The number of rotatable bonds is 8. The molecule has 0 spiro atoms. The van der Waals surface area contributed by atoms with Crippen LogP contribution < -0.4 is 0 Å². The molecule has 0 fully saturated rings. The van der Waals surface area contributed by atoms with E-state index >= 15 is 0 Å². The van der Waals surface area contributed by atoms with E-state index in [-0.39, 0.29) is 48.9 Å². The molecule has 0 atom stereocenters. The number of benzene rings is 3. The molecule has 47 heavy (non-hydrogen) atoms. The minimum absolute atomic E-state index is 0. The van der Waals surface area contributed by atoms with Gasteiger partial charge in [0.2, 0.25) is 0 Å². The topological polar surface area (TPSA) is 63.1 Å². The first-order valence-electron chi connectivity index (χ1n) is 16.9. The normalized spacial score (nSPS) is 12.8. The van der Waals surface area contributed by atoms with E-state index in [1.54, 1.807) is 17.7 Å². The van der Waals surface area contributed by atoms with Crippen molar-refractivity contribution in [1.82, 2.24) is 9.97 Å². The first-order valence-corrected chi connectivity index (χ1v) is 17.7. The number of thiophene rings is 1. The summed E-state index contributed by atoms with van der Waals surface area (Å²) in [7, 11) is 0. The number of carbonyl (C=O) groups is 1. The van der Waals surface area contributed by atoms with Gasteiger partial charge in [-0.25, -0.2) is 4.98 Å².